The number of ether oxygens (including phenoxy) is 1. The van der Waals surface area contributed by atoms with Gasteiger partial charge in [-0.05, 0) is 56.5 Å². The predicted octanol–water partition coefficient (Wildman–Crippen LogP) is 4.24. The van der Waals surface area contributed by atoms with E-state index in [9.17, 15) is 9.18 Å². The van der Waals surface area contributed by atoms with Gasteiger partial charge in [-0.15, -0.1) is 0 Å². The van der Waals surface area contributed by atoms with Crippen LogP contribution in [0, 0.1) is 19.7 Å². The van der Waals surface area contributed by atoms with Crippen LogP contribution in [0.3, 0.4) is 0 Å². The Morgan fingerprint density at radius 2 is 1.79 bits per heavy atom. The van der Waals surface area contributed by atoms with Gasteiger partial charge in [0.25, 0.3) is 5.56 Å². The van der Waals surface area contributed by atoms with E-state index in [-0.39, 0.29) is 11.4 Å². The van der Waals surface area contributed by atoms with E-state index in [1.807, 2.05) is 57.3 Å². The molecule has 0 atom stereocenters. The average molecular weight is 447 g/mol. The van der Waals surface area contributed by atoms with Crippen molar-refractivity contribution in [2.24, 2.45) is 7.05 Å². The maximum absolute atomic E-state index is 13.7. The van der Waals surface area contributed by atoms with Gasteiger partial charge in [-0.2, -0.15) is 10.2 Å². The average Bonchev–Trinajstić information content (AvgIpc) is 3.11. The second-order valence-electron chi connectivity index (χ2n) is 8.13. The maximum Gasteiger partial charge on any atom is 0.270 e. The lowest BCUT2D eigenvalue weighted by atomic mass is 9.94. The molecule has 6 nitrogen and oxygen atoms in total. The van der Waals surface area contributed by atoms with E-state index >= 15 is 0 Å². The number of nitrogens with zero attached hydrogens (tertiary/aromatic N) is 4. The van der Waals surface area contributed by atoms with E-state index in [0.717, 1.165) is 33.8 Å². The molecular formula is C26H27FN4O2. The Morgan fingerprint density at radius 1 is 1.00 bits per heavy atom. The highest BCUT2D eigenvalue weighted by atomic mass is 19.1. The molecule has 2 aromatic carbocycles. The molecule has 0 N–H and O–H groups in total. The Bertz CT molecular complexity index is 1360. The molecule has 0 aliphatic rings. The van der Waals surface area contributed by atoms with Crippen LogP contribution in [-0.2, 0) is 26.4 Å². The van der Waals surface area contributed by atoms with Crippen LogP contribution < -0.4 is 10.3 Å². The molecule has 33 heavy (non-hydrogen) atoms. The van der Waals surface area contributed by atoms with Crippen LogP contribution in [0.5, 0.6) is 5.75 Å². The van der Waals surface area contributed by atoms with Crippen LogP contribution in [0.15, 0.2) is 59.4 Å². The van der Waals surface area contributed by atoms with Gasteiger partial charge in [-0.1, -0.05) is 30.3 Å². The number of benzene rings is 2. The fourth-order valence-corrected chi connectivity index (χ4v) is 4.23. The molecule has 0 amide bonds. The van der Waals surface area contributed by atoms with E-state index in [0.29, 0.717) is 30.7 Å². The second-order valence-corrected chi connectivity index (χ2v) is 8.13. The SMILES string of the molecule is COc1ccccc1-c1c(C)nn(Cc2cc(C)nn2C)c(=O)c1CCc1cccc(F)c1. The highest BCUT2D eigenvalue weighted by Crippen LogP contribution is 2.33. The Morgan fingerprint density at radius 3 is 2.48 bits per heavy atom. The smallest absolute Gasteiger partial charge is 0.270 e. The third-order valence-electron chi connectivity index (χ3n) is 5.77. The first-order valence-corrected chi connectivity index (χ1v) is 10.9. The summed E-state index contributed by atoms with van der Waals surface area (Å²) in [5, 5.41) is 9.02. The minimum absolute atomic E-state index is 0.170. The number of aromatic nitrogens is 4. The fourth-order valence-electron chi connectivity index (χ4n) is 4.23. The molecule has 0 spiro atoms. The van der Waals surface area contributed by atoms with Gasteiger partial charge in [-0.3, -0.25) is 9.48 Å². The van der Waals surface area contributed by atoms with Crippen LogP contribution in [-0.4, -0.2) is 26.7 Å². The molecule has 0 bridgehead atoms. The Hall–Kier alpha value is -3.74. The summed E-state index contributed by atoms with van der Waals surface area (Å²) in [7, 11) is 3.47. The minimum atomic E-state index is -0.285. The fraction of sp³-hybridized carbons (Fsp3) is 0.269. The zero-order valence-corrected chi connectivity index (χ0v) is 19.3. The maximum atomic E-state index is 13.7. The zero-order chi connectivity index (χ0) is 23.5. The second kappa shape index (κ2) is 9.40. The normalized spacial score (nSPS) is 11.1. The molecule has 4 rings (SSSR count). The molecule has 0 radical (unpaired) electrons. The van der Waals surface area contributed by atoms with Crippen molar-refractivity contribution in [1.29, 1.82) is 0 Å². The first kappa shape index (κ1) is 22.5. The van der Waals surface area contributed by atoms with Crippen molar-refractivity contribution >= 4 is 0 Å². The van der Waals surface area contributed by atoms with E-state index in [4.69, 9.17) is 4.74 Å². The minimum Gasteiger partial charge on any atom is -0.496 e. The summed E-state index contributed by atoms with van der Waals surface area (Å²) in [6.07, 6.45) is 0.979. The van der Waals surface area contributed by atoms with E-state index in [2.05, 4.69) is 10.2 Å². The number of hydrogen-bond acceptors (Lipinski definition) is 4. The van der Waals surface area contributed by atoms with Crippen LogP contribution in [0.1, 0.15) is 28.2 Å². The van der Waals surface area contributed by atoms with Crippen molar-refractivity contribution in [2.75, 3.05) is 7.11 Å². The Balaban J connectivity index is 1.84. The Labute approximate surface area is 192 Å². The van der Waals surface area contributed by atoms with Crippen molar-refractivity contribution in [3.05, 3.63) is 99.0 Å². The standard InChI is InChI=1S/C26H27FN4O2/c1-17-14-21(30(3)28-17)16-31-26(32)23(13-12-19-8-7-9-20(27)15-19)25(18(2)29-31)22-10-5-6-11-24(22)33-4/h5-11,14-15H,12-13,16H2,1-4H3. The number of hydrogen-bond donors (Lipinski definition) is 0. The summed E-state index contributed by atoms with van der Waals surface area (Å²) >= 11 is 0. The van der Waals surface area contributed by atoms with Gasteiger partial charge in [0.05, 0.1) is 30.7 Å². The summed E-state index contributed by atoms with van der Waals surface area (Å²) < 4.78 is 22.6. The van der Waals surface area contributed by atoms with Crippen molar-refractivity contribution in [3.8, 4) is 16.9 Å². The molecule has 170 valence electrons. The molecule has 7 heteroatoms. The summed E-state index contributed by atoms with van der Waals surface area (Å²) in [5.41, 5.74) is 5.39. The highest BCUT2D eigenvalue weighted by Gasteiger charge is 2.20. The number of methoxy groups -OCH3 is 1. The molecule has 0 unspecified atom stereocenters. The third kappa shape index (κ3) is 4.72. The predicted molar refractivity (Wildman–Crippen MR) is 126 cm³/mol. The van der Waals surface area contributed by atoms with Gasteiger partial charge < -0.3 is 4.74 Å². The summed E-state index contributed by atoms with van der Waals surface area (Å²) in [6, 6.07) is 16.0. The van der Waals surface area contributed by atoms with Gasteiger partial charge in [0.15, 0.2) is 0 Å². The lowest BCUT2D eigenvalue weighted by Crippen LogP contribution is -2.29. The van der Waals surface area contributed by atoms with Crippen LogP contribution in [0.4, 0.5) is 4.39 Å². The lowest BCUT2D eigenvalue weighted by Gasteiger charge is -2.17. The lowest BCUT2D eigenvalue weighted by molar-refractivity contribution is 0.416. The van der Waals surface area contributed by atoms with Crippen molar-refractivity contribution < 1.29 is 9.13 Å². The van der Waals surface area contributed by atoms with Crippen LogP contribution >= 0.6 is 0 Å². The van der Waals surface area contributed by atoms with Crippen molar-refractivity contribution in [1.82, 2.24) is 19.6 Å². The van der Waals surface area contributed by atoms with Crippen molar-refractivity contribution in [2.45, 2.75) is 33.2 Å². The summed E-state index contributed by atoms with van der Waals surface area (Å²) in [4.78, 5) is 13.7. The molecule has 0 aliphatic heterocycles. The first-order chi connectivity index (χ1) is 15.9. The molecule has 0 fully saturated rings. The largest absolute Gasteiger partial charge is 0.496 e. The molecule has 0 saturated heterocycles. The van der Waals surface area contributed by atoms with Gasteiger partial charge in [0.2, 0.25) is 0 Å². The zero-order valence-electron chi connectivity index (χ0n) is 19.3. The van der Waals surface area contributed by atoms with Gasteiger partial charge in [0, 0.05) is 23.7 Å². The third-order valence-corrected chi connectivity index (χ3v) is 5.77. The first-order valence-electron chi connectivity index (χ1n) is 10.9. The monoisotopic (exact) mass is 446 g/mol. The molecular weight excluding hydrogens is 419 g/mol. The summed E-state index contributed by atoms with van der Waals surface area (Å²) in [5.74, 6) is 0.390. The Kier molecular flexibility index (Phi) is 6.40. The quantitative estimate of drug-likeness (QED) is 0.426. The van der Waals surface area contributed by atoms with Crippen LogP contribution in [0.2, 0.25) is 0 Å². The van der Waals surface area contributed by atoms with Crippen molar-refractivity contribution in [3.63, 3.8) is 0 Å². The molecule has 0 aliphatic carbocycles. The van der Waals surface area contributed by atoms with Gasteiger partial charge >= 0.3 is 0 Å². The molecule has 0 saturated carbocycles. The topological polar surface area (TPSA) is 61.9 Å². The van der Waals surface area contributed by atoms with Crippen LogP contribution in [0.25, 0.3) is 11.1 Å². The highest BCUT2D eigenvalue weighted by molar-refractivity contribution is 5.75. The van der Waals surface area contributed by atoms with E-state index in [1.165, 1.54) is 16.8 Å². The summed E-state index contributed by atoms with van der Waals surface area (Å²) in [6.45, 7) is 4.13. The van der Waals surface area contributed by atoms with Gasteiger partial charge in [-0.25, -0.2) is 9.07 Å². The number of halogens is 1. The van der Waals surface area contributed by atoms with Gasteiger partial charge in [0.1, 0.15) is 11.6 Å². The van der Waals surface area contributed by atoms with E-state index < -0.39 is 0 Å². The molecule has 2 heterocycles. The molecule has 2 aromatic heterocycles. The van der Waals surface area contributed by atoms with E-state index in [1.54, 1.807) is 17.9 Å². The number of aryl methyl sites for hydroxylation is 4. The number of rotatable bonds is 7. The molecule has 4 aromatic rings. The number of para-hydroxylation sites is 1.